The monoisotopic (exact) mass is 381 g/mol. The van der Waals surface area contributed by atoms with E-state index >= 15 is 0 Å². The Kier molecular flexibility index (Phi) is 4.81. The number of hydrogen-bond donors (Lipinski definition) is 1. The lowest BCUT2D eigenvalue weighted by Crippen LogP contribution is -2.19. The van der Waals surface area contributed by atoms with Gasteiger partial charge in [0.2, 0.25) is 0 Å². The molecule has 2 aromatic heterocycles. The van der Waals surface area contributed by atoms with Crippen LogP contribution in [0.4, 0.5) is 19.0 Å². The number of ether oxygens (including phenoxy) is 1. The molecule has 0 aliphatic carbocycles. The first-order valence-electron chi connectivity index (χ1n) is 8.17. The number of aromatic nitrogens is 4. The van der Waals surface area contributed by atoms with E-state index in [0.717, 1.165) is 4.68 Å². The number of anilines is 1. The number of aryl methyl sites for hydroxylation is 1. The minimum absolute atomic E-state index is 0.0385. The Bertz CT molecular complexity index is 975. The van der Waals surface area contributed by atoms with Crippen LogP contribution in [0.1, 0.15) is 24.3 Å². The number of rotatable bonds is 5. The van der Waals surface area contributed by atoms with E-state index in [9.17, 15) is 18.0 Å². The fourth-order valence-electron chi connectivity index (χ4n) is 2.65. The molecule has 1 aromatic carbocycles. The molecule has 0 bridgehead atoms. The van der Waals surface area contributed by atoms with Gasteiger partial charge in [-0.1, -0.05) is 0 Å². The summed E-state index contributed by atoms with van der Waals surface area (Å²) in [5, 5.41) is 10.8. The van der Waals surface area contributed by atoms with Gasteiger partial charge in [0.25, 0.3) is 5.91 Å². The number of halogens is 3. The molecular weight excluding hydrogens is 363 g/mol. The Labute approximate surface area is 152 Å². The van der Waals surface area contributed by atoms with Crippen molar-refractivity contribution in [2.24, 2.45) is 7.05 Å². The molecule has 1 N–H and O–H groups in total. The Hall–Kier alpha value is -3.04. The Morgan fingerprint density at radius 2 is 2.04 bits per heavy atom. The van der Waals surface area contributed by atoms with Crippen molar-refractivity contribution in [1.29, 1.82) is 0 Å². The van der Waals surface area contributed by atoms with Crippen LogP contribution in [-0.2, 0) is 13.6 Å². The first kappa shape index (κ1) is 18.7. The van der Waals surface area contributed by atoms with E-state index in [1.54, 1.807) is 19.2 Å². The zero-order valence-corrected chi connectivity index (χ0v) is 14.9. The van der Waals surface area contributed by atoms with Crippen molar-refractivity contribution in [2.75, 3.05) is 5.32 Å². The first-order chi connectivity index (χ1) is 12.6. The number of alkyl halides is 3. The third-order valence-corrected chi connectivity index (χ3v) is 3.71. The molecule has 7 nitrogen and oxygen atoms in total. The quantitative estimate of drug-likeness (QED) is 0.735. The lowest BCUT2D eigenvalue weighted by molar-refractivity contribution is -0.141. The topological polar surface area (TPSA) is 74.0 Å². The molecule has 0 fully saturated rings. The number of nitrogens with zero attached hydrogens (tertiary/aromatic N) is 4. The average Bonchev–Trinajstić information content (AvgIpc) is 3.10. The van der Waals surface area contributed by atoms with Gasteiger partial charge in [0.05, 0.1) is 11.6 Å². The molecule has 0 unspecified atom stereocenters. The van der Waals surface area contributed by atoms with Crippen molar-refractivity contribution in [2.45, 2.75) is 32.7 Å². The van der Waals surface area contributed by atoms with E-state index < -0.39 is 18.6 Å². The summed E-state index contributed by atoms with van der Waals surface area (Å²) in [7, 11) is 1.59. The summed E-state index contributed by atoms with van der Waals surface area (Å²) in [6, 6.07) is 6.18. The zero-order chi connectivity index (χ0) is 19.8. The summed E-state index contributed by atoms with van der Waals surface area (Å²) >= 11 is 0. The molecule has 2 heterocycles. The predicted octanol–water partition coefficient (Wildman–Crippen LogP) is 3.37. The highest BCUT2D eigenvalue weighted by Gasteiger charge is 2.30. The maximum atomic E-state index is 12.9. The Morgan fingerprint density at radius 3 is 2.63 bits per heavy atom. The van der Waals surface area contributed by atoms with Gasteiger partial charge in [0, 0.05) is 24.7 Å². The lowest BCUT2D eigenvalue weighted by atomic mass is 10.2. The molecule has 1 amide bonds. The van der Waals surface area contributed by atoms with Crippen LogP contribution in [0.25, 0.3) is 10.9 Å². The third-order valence-electron chi connectivity index (χ3n) is 3.71. The third kappa shape index (κ3) is 4.21. The number of hydrogen-bond acceptors (Lipinski definition) is 4. The highest BCUT2D eigenvalue weighted by atomic mass is 19.4. The number of carbonyl (C=O) groups excluding carboxylic acids is 1. The van der Waals surface area contributed by atoms with E-state index in [1.165, 1.54) is 23.0 Å². The van der Waals surface area contributed by atoms with Gasteiger partial charge in [-0.25, -0.2) is 0 Å². The fraction of sp³-hybridized carbons (Fsp3) is 0.353. The largest absolute Gasteiger partial charge is 0.491 e. The number of benzene rings is 1. The molecule has 3 aromatic rings. The van der Waals surface area contributed by atoms with Crippen LogP contribution >= 0.6 is 0 Å². The van der Waals surface area contributed by atoms with Crippen LogP contribution in [0.15, 0.2) is 30.5 Å². The summed E-state index contributed by atoms with van der Waals surface area (Å²) in [5.74, 6) is -0.0575. The number of nitrogens with one attached hydrogen (secondary N) is 1. The van der Waals surface area contributed by atoms with Crippen LogP contribution in [0.5, 0.6) is 5.75 Å². The van der Waals surface area contributed by atoms with Crippen LogP contribution in [0.2, 0.25) is 0 Å². The second-order valence-electron chi connectivity index (χ2n) is 6.26. The number of carbonyl (C=O) groups is 1. The zero-order valence-electron chi connectivity index (χ0n) is 14.9. The first-order valence-corrected chi connectivity index (χ1v) is 8.17. The fourth-order valence-corrected chi connectivity index (χ4v) is 2.65. The molecule has 10 heteroatoms. The lowest BCUT2D eigenvalue weighted by Gasteiger charge is -2.11. The highest BCUT2D eigenvalue weighted by molar-refractivity contribution is 6.07. The standard InChI is InChI=1S/C17H18F3N5O2/c1-10(2)27-11-4-5-12-14(8-11)25(9-17(18,19)20)23-15(12)22-16(26)13-6-7-21-24(13)3/h4-8,10H,9H2,1-3H3,(H,22,23,26). The van der Waals surface area contributed by atoms with Crippen molar-refractivity contribution in [1.82, 2.24) is 19.6 Å². The van der Waals surface area contributed by atoms with E-state index in [4.69, 9.17) is 4.74 Å². The Balaban J connectivity index is 2.02. The molecule has 0 aliphatic rings. The van der Waals surface area contributed by atoms with Gasteiger partial charge in [-0.2, -0.15) is 23.4 Å². The summed E-state index contributed by atoms with van der Waals surface area (Å²) in [6.45, 7) is 2.35. The molecule has 0 atom stereocenters. The molecule has 0 radical (unpaired) electrons. The molecule has 27 heavy (non-hydrogen) atoms. The van der Waals surface area contributed by atoms with Crippen LogP contribution in [0.3, 0.4) is 0 Å². The second kappa shape index (κ2) is 6.93. The summed E-state index contributed by atoms with van der Waals surface area (Å²) in [5.41, 5.74) is 0.471. The van der Waals surface area contributed by atoms with E-state index in [2.05, 4.69) is 15.5 Å². The van der Waals surface area contributed by atoms with Gasteiger partial charge < -0.3 is 10.1 Å². The predicted molar refractivity (Wildman–Crippen MR) is 92.7 cm³/mol. The van der Waals surface area contributed by atoms with Crippen molar-refractivity contribution in [3.8, 4) is 5.75 Å². The summed E-state index contributed by atoms with van der Waals surface area (Å²) in [4.78, 5) is 12.4. The summed E-state index contributed by atoms with van der Waals surface area (Å²) < 4.78 is 46.5. The van der Waals surface area contributed by atoms with Crippen LogP contribution < -0.4 is 10.1 Å². The average molecular weight is 381 g/mol. The summed E-state index contributed by atoms with van der Waals surface area (Å²) in [6.07, 6.45) is -3.15. The van der Waals surface area contributed by atoms with Gasteiger partial charge in [-0.15, -0.1) is 0 Å². The molecule has 0 saturated heterocycles. The second-order valence-corrected chi connectivity index (χ2v) is 6.26. The molecule has 3 rings (SSSR count). The van der Waals surface area contributed by atoms with Gasteiger partial charge in [-0.05, 0) is 32.0 Å². The van der Waals surface area contributed by atoms with Crippen LogP contribution in [0, 0.1) is 0 Å². The smallest absolute Gasteiger partial charge is 0.408 e. The van der Waals surface area contributed by atoms with Crippen molar-refractivity contribution >= 4 is 22.6 Å². The number of amides is 1. The molecule has 144 valence electrons. The maximum absolute atomic E-state index is 12.9. The van der Waals surface area contributed by atoms with E-state index in [-0.39, 0.29) is 23.1 Å². The van der Waals surface area contributed by atoms with Gasteiger partial charge >= 0.3 is 6.18 Å². The van der Waals surface area contributed by atoms with Crippen molar-refractivity contribution in [3.05, 3.63) is 36.2 Å². The van der Waals surface area contributed by atoms with Crippen molar-refractivity contribution in [3.63, 3.8) is 0 Å². The number of fused-ring (bicyclic) bond motifs is 1. The van der Waals surface area contributed by atoms with Crippen molar-refractivity contribution < 1.29 is 22.7 Å². The molecule has 0 aliphatic heterocycles. The molecule has 0 saturated carbocycles. The Morgan fingerprint density at radius 1 is 1.30 bits per heavy atom. The SMILES string of the molecule is CC(C)Oc1ccc2c(NC(=O)c3ccnn3C)nn(CC(F)(F)F)c2c1. The molecule has 0 spiro atoms. The minimum atomic E-state index is -4.46. The highest BCUT2D eigenvalue weighted by Crippen LogP contribution is 2.30. The van der Waals surface area contributed by atoms with Crippen LogP contribution in [-0.4, -0.2) is 37.7 Å². The van der Waals surface area contributed by atoms with Gasteiger partial charge in [0.15, 0.2) is 5.82 Å². The van der Waals surface area contributed by atoms with Gasteiger partial charge in [0.1, 0.15) is 18.0 Å². The van der Waals surface area contributed by atoms with Gasteiger partial charge in [-0.3, -0.25) is 14.2 Å². The van der Waals surface area contributed by atoms with E-state index in [0.29, 0.717) is 11.1 Å². The maximum Gasteiger partial charge on any atom is 0.408 e. The van der Waals surface area contributed by atoms with E-state index in [1.807, 2.05) is 13.8 Å². The molecular formula is C17H18F3N5O2. The minimum Gasteiger partial charge on any atom is -0.491 e. The normalized spacial score (nSPS) is 12.0.